The van der Waals surface area contributed by atoms with Crippen LogP contribution in [0.25, 0.3) is 11.3 Å². The Hall–Kier alpha value is -2.66. The molecule has 5 rings (SSSR count). The SMILES string of the molecule is O=C1CCCC2=Nc3[nH]ncc3C(c3ccc(-c4cccc(Cl)c4)o3)C12. The van der Waals surface area contributed by atoms with Gasteiger partial charge in [-0.1, -0.05) is 23.7 Å². The average molecular weight is 366 g/mol. The Bertz CT molecular complexity index is 1030. The van der Waals surface area contributed by atoms with Crippen LogP contribution in [-0.2, 0) is 4.79 Å². The van der Waals surface area contributed by atoms with Crippen molar-refractivity contribution in [1.82, 2.24) is 10.2 Å². The van der Waals surface area contributed by atoms with Crippen molar-refractivity contribution in [3.63, 3.8) is 0 Å². The van der Waals surface area contributed by atoms with Gasteiger partial charge in [0.15, 0.2) is 5.82 Å². The Morgan fingerprint density at radius 1 is 1.15 bits per heavy atom. The van der Waals surface area contributed by atoms with E-state index in [1.165, 1.54) is 0 Å². The number of nitrogens with zero attached hydrogens (tertiary/aromatic N) is 2. The summed E-state index contributed by atoms with van der Waals surface area (Å²) in [7, 11) is 0. The van der Waals surface area contributed by atoms with Gasteiger partial charge >= 0.3 is 0 Å². The zero-order valence-corrected chi connectivity index (χ0v) is 14.7. The third-order valence-electron chi connectivity index (χ3n) is 5.18. The molecule has 2 atom stereocenters. The molecule has 0 saturated heterocycles. The minimum Gasteiger partial charge on any atom is -0.460 e. The maximum Gasteiger partial charge on any atom is 0.151 e. The van der Waals surface area contributed by atoms with Gasteiger partial charge in [-0.2, -0.15) is 5.10 Å². The number of aliphatic imine (C=N–C) groups is 1. The van der Waals surface area contributed by atoms with Crippen molar-refractivity contribution in [3.05, 3.63) is 58.9 Å². The molecule has 1 aromatic carbocycles. The topological polar surface area (TPSA) is 71.2 Å². The van der Waals surface area contributed by atoms with Gasteiger partial charge in [-0.3, -0.25) is 9.89 Å². The van der Waals surface area contributed by atoms with Crippen molar-refractivity contribution in [3.8, 4) is 11.3 Å². The van der Waals surface area contributed by atoms with Crippen LogP contribution in [-0.4, -0.2) is 21.7 Å². The number of hydrogen-bond donors (Lipinski definition) is 1. The number of H-pyrrole nitrogens is 1. The normalized spacial score (nSPS) is 21.9. The molecule has 3 heterocycles. The van der Waals surface area contributed by atoms with Crippen LogP contribution < -0.4 is 0 Å². The van der Waals surface area contributed by atoms with Gasteiger partial charge in [0, 0.05) is 28.3 Å². The van der Waals surface area contributed by atoms with Crippen LogP contribution in [0.15, 0.2) is 52.0 Å². The van der Waals surface area contributed by atoms with E-state index >= 15 is 0 Å². The fourth-order valence-corrected chi connectivity index (χ4v) is 4.20. The van der Waals surface area contributed by atoms with Crippen molar-refractivity contribution in [2.75, 3.05) is 0 Å². The molecule has 0 bridgehead atoms. The highest BCUT2D eigenvalue weighted by atomic mass is 35.5. The smallest absolute Gasteiger partial charge is 0.151 e. The first-order valence-electron chi connectivity index (χ1n) is 8.70. The van der Waals surface area contributed by atoms with Crippen LogP contribution in [0.2, 0.25) is 5.02 Å². The lowest BCUT2D eigenvalue weighted by molar-refractivity contribution is -0.122. The number of aromatic amines is 1. The summed E-state index contributed by atoms with van der Waals surface area (Å²) in [6, 6.07) is 11.4. The summed E-state index contributed by atoms with van der Waals surface area (Å²) in [6.07, 6.45) is 4.04. The Kier molecular flexibility index (Phi) is 3.57. The second-order valence-corrected chi connectivity index (χ2v) is 7.20. The number of benzene rings is 1. The molecule has 5 nitrogen and oxygen atoms in total. The van der Waals surface area contributed by atoms with Crippen molar-refractivity contribution in [1.29, 1.82) is 0 Å². The molecule has 1 saturated carbocycles. The summed E-state index contributed by atoms with van der Waals surface area (Å²) in [5, 5.41) is 7.74. The number of carbonyl (C=O) groups is 1. The molecule has 0 radical (unpaired) electrons. The van der Waals surface area contributed by atoms with Crippen molar-refractivity contribution >= 4 is 28.9 Å². The van der Waals surface area contributed by atoms with Crippen molar-refractivity contribution in [2.24, 2.45) is 10.9 Å². The molecule has 1 N–H and O–H groups in total. The summed E-state index contributed by atoms with van der Waals surface area (Å²) in [5.74, 6) is 2.02. The van der Waals surface area contributed by atoms with E-state index in [4.69, 9.17) is 16.0 Å². The monoisotopic (exact) mass is 365 g/mol. The molecule has 1 aliphatic heterocycles. The highest BCUT2D eigenvalue weighted by Gasteiger charge is 2.42. The first-order valence-corrected chi connectivity index (χ1v) is 9.07. The largest absolute Gasteiger partial charge is 0.460 e. The van der Waals surface area contributed by atoms with Crippen molar-refractivity contribution in [2.45, 2.75) is 25.2 Å². The molecular formula is C20H16ClN3O2. The summed E-state index contributed by atoms with van der Waals surface area (Å²) in [5.41, 5.74) is 2.76. The minimum absolute atomic E-state index is 0.183. The molecule has 2 aromatic heterocycles. The number of nitrogens with one attached hydrogen (secondary N) is 1. The van der Waals surface area contributed by atoms with Gasteiger partial charge in [0.25, 0.3) is 0 Å². The predicted molar refractivity (Wildman–Crippen MR) is 99.0 cm³/mol. The maximum atomic E-state index is 12.7. The molecule has 0 spiro atoms. The third-order valence-corrected chi connectivity index (χ3v) is 5.41. The Balaban J connectivity index is 1.61. The maximum absolute atomic E-state index is 12.7. The van der Waals surface area contributed by atoms with Gasteiger partial charge < -0.3 is 4.42 Å². The van der Waals surface area contributed by atoms with E-state index in [0.717, 1.165) is 47.0 Å². The van der Waals surface area contributed by atoms with E-state index in [-0.39, 0.29) is 17.6 Å². The summed E-state index contributed by atoms with van der Waals surface area (Å²) < 4.78 is 6.18. The summed E-state index contributed by atoms with van der Waals surface area (Å²) in [4.78, 5) is 17.3. The van der Waals surface area contributed by atoms with E-state index in [0.29, 0.717) is 11.4 Å². The number of carbonyl (C=O) groups excluding carboxylic acids is 1. The lowest BCUT2D eigenvalue weighted by atomic mass is 9.72. The number of ketones is 1. The molecule has 3 aromatic rings. The van der Waals surface area contributed by atoms with E-state index in [2.05, 4.69) is 15.2 Å². The predicted octanol–water partition coefficient (Wildman–Crippen LogP) is 4.91. The lowest BCUT2D eigenvalue weighted by Crippen LogP contribution is -2.36. The summed E-state index contributed by atoms with van der Waals surface area (Å²) >= 11 is 6.10. The Labute approximate surface area is 155 Å². The lowest BCUT2D eigenvalue weighted by Gasteiger charge is -2.32. The number of rotatable bonds is 2. The first kappa shape index (κ1) is 15.6. The van der Waals surface area contributed by atoms with Crippen LogP contribution in [0.1, 0.15) is 36.5 Å². The number of fused-ring (bicyclic) bond motifs is 2. The zero-order valence-electron chi connectivity index (χ0n) is 13.9. The molecule has 2 unspecified atom stereocenters. The van der Waals surface area contributed by atoms with Crippen molar-refractivity contribution < 1.29 is 9.21 Å². The van der Waals surface area contributed by atoms with Gasteiger partial charge in [0.1, 0.15) is 17.3 Å². The Morgan fingerprint density at radius 3 is 2.96 bits per heavy atom. The molecule has 2 aliphatic rings. The average Bonchev–Trinajstić information content (AvgIpc) is 3.29. The number of hydrogen-bond acceptors (Lipinski definition) is 4. The second kappa shape index (κ2) is 5.95. The second-order valence-electron chi connectivity index (χ2n) is 6.76. The molecule has 1 aliphatic carbocycles. The zero-order chi connectivity index (χ0) is 17.7. The molecule has 26 heavy (non-hydrogen) atoms. The standard InChI is InChI=1S/C20H16ClN3O2/c21-12-4-1-3-11(9-12)16-7-8-17(26-16)18-13-10-22-24-20(13)23-14-5-2-6-15(25)19(14)18/h1,3-4,7-10,18-19H,2,5-6H2,(H,22,24). The van der Waals surface area contributed by atoms with Crippen LogP contribution in [0.3, 0.4) is 0 Å². The minimum atomic E-state index is -0.257. The van der Waals surface area contributed by atoms with Gasteiger partial charge in [0.05, 0.1) is 18.0 Å². The van der Waals surface area contributed by atoms with E-state index in [9.17, 15) is 4.79 Å². The van der Waals surface area contributed by atoms with E-state index in [1.54, 1.807) is 6.20 Å². The number of furan rings is 1. The Morgan fingerprint density at radius 2 is 2.08 bits per heavy atom. The quantitative estimate of drug-likeness (QED) is 0.701. The third kappa shape index (κ3) is 2.42. The van der Waals surface area contributed by atoms with Gasteiger partial charge in [-0.25, -0.2) is 4.99 Å². The van der Waals surface area contributed by atoms with Crippen LogP contribution in [0.4, 0.5) is 5.82 Å². The molecule has 0 amide bonds. The van der Waals surface area contributed by atoms with Gasteiger partial charge in [-0.15, -0.1) is 0 Å². The molecule has 130 valence electrons. The van der Waals surface area contributed by atoms with E-state index in [1.807, 2.05) is 36.4 Å². The number of Topliss-reactive ketones (excluding diaryl/α,β-unsaturated/α-hetero) is 1. The highest BCUT2D eigenvalue weighted by Crippen LogP contribution is 2.45. The number of halogens is 1. The van der Waals surface area contributed by atoms with Crippen LogP contribution in [0.5, 0.6) is 0 Å². The molecule has 1 fully saturated rings. The highest BCUT2D eigenvalue weighted by molar-refractivity contribution is 6.30. The van der Waals surface area contributed by atoms with Gasteiger partial charge in [-0.05, 0) is 37.1 Å². The van der Waals surface area contributed by atoms with Crippen LogP contribution >= 0.6 is 11.6 Å². The number of aromatic nitrogens is 2. The fraction of sp³-hybridized carbons (Fsp3) is 0.250. The molecule has 6 heteroatoms. The van der Waals surface area contributed by atoms with E-state index < -0.39 is 0 Å². The fourth-order valence-electron chi connectivity index (χ4n) is 4.01. The summed E-state index contributed by atoms with van der Waals surface area (Å²) in [6.45, 7) is 0. The van der Waals surface area contributed by atoms with Gasteiger partial charge in [0.2, 0.25) is 0 Å². The first-order chi connectivity index (χ1) is 12.7. The van der Waals surface area contributed by atoms with Crippen LogP contribution in [0, 0.1) is 5.92 Å². The molecular weight excluding hydrogens is 350 g/mol.